The fraction of sp³-hybridized carbons (Fsp3) is 0.154. The van der Waals surface area contributed by atoms with Crippen molar-refractivity contribution in [3.05, 3.63) is 101 Å². The maximum absolute atomic E-state index is 13.3. The zero-order valence-corrected chi connectivity index (χ0v) is 18.0. The number of carboxylic acid groups (broad SMARTS) is 2. The lowest BCUT2D eigenvalue weighted by molar-refractivity contribution is -0.140. The maximum Gasteiger partial charge on any atom is 0.336 e. The second kappa shape index (κ2) is 10.4. The van der Waals surface area contributed by atoms with Crippen LogP contribution in [0.2, 0.25) is 0 Å². The molecule has 0 saturated heterocycles. The van der Waals surface area contributed by atoms with Gasteiger partial charge in [0.15, 0.2) is 5.78 Å². The van der Waals surface area contributed by atoms with E-state index in [9.17, 15) is 29.4 Å². The van der Waals surface area contributed by atoms with Gasteiger partial charge < -0.3 is 10.2 Å². The summed E-state index contributed by atoms with van der Waals surface area (Å²) in [4.78, 5) is 51.1. The second-order valence-electron chi connectivity index (χ2n) is 7.35. The van der Waals surface area contributed by atoms with Crippen LogP contribution in [-0.4, -0.2) is 39.9 Å². The second-order valence-corrected chi connectivity index (χ2v) is 7.35. The van der Waals surface area contributed by atoms with Crippen molar-refractivity contribution in [1.29, 1.82) is 0 Å². The minimum Gasteiger partial charge on any atom is -0.480 e. The Labute approximate surface area is 190 Å². The summed E-state index contributed by atoms with van der Waals surface area (Å²) in [5.74, 6) is -3.34. The van der Waals surface area contributed by atoms with E-state index < -0.39 is 23.8 Å². The number of hydrogen-bond acceptors (Lipinski definition) is 4. The topological polar surface area (TPSA) is 112 Å². The summed E-state index contributed by atoms with van der Waals surface area (Å²) in [6, 6.07) is 19.6. The normalized spacial score (nSPS) is 11.4. The summed E-state index contributed by atoms with van der Waals surface area (Å²) in [5.41, 5.74) is 0.902. The van der Waals surface area contributed by atoms with Gasteiger partial charge in [0.05, 0.1) is 5.56 Å². The molecule has 1 atom stereocenters. The summed E-state index contributed by atoms with van der Waals surface area (Å²) in [6.45, 7) is 1.65. The molecule has 0 aromatic heterocycles. The van der Waals surface area contributed by atoms with Crippen molar-refractivity contribution in [3.63, 3.8) is 0 Å². The number of amides is 1. The van der Waals surface area contributed by atoms with Crippen molar-refractivity contribution in [2.24, 2.45) is 0 Å². The van der Waals surface area contributed by atoms with Crippen molar-refractivity contribution in [3.8, 4) is 0 Å². The van der Waals surface area contributed by atoms with Gasteiger partial charge in [0.2, 0.25) is 5.91 Å². The van der Waals surface area contributed by atoms with E-state index in [1.54, 1.807) is 61.5 Å². The number of carbonyl (C=O) groups excluding carboxylic acids is 2. The molecular formula is C26H23NO6. The van der Waals surface area contributed by atoms with Crippen LogP contribution in [0.3, 0.4) is 0 Å². The minimum atomic E-state index is -1.26. The van der Waals surface area contributed by atoms with Gasteiger partial charge in [-0.05, 0) is 23.8 Å². The molecule has 0 unspecified atom stereocenters. The molecule has 33 heavy (non-hydrogen) atoms. The first-order valence-electron chi connectivity index (χ1n) is 10.4. The van der Waals surface area contributed by atoms with Gasteiger partial charge in [-0.15, -0.1) is 0 Å². The molecule has 0 radical (unpaired) electrons. The van der Waals surface area contributed by atoms with Crippen LogP contribution in [0.4, 0.5) is 5.69 Å². The van der Waals surface area contributed by atoms with Gasteiger partial charge in [0, 0.05) is 29.7 Å². The number of rotatable bonds is 9. The van der Waals surface area contributed by atoms with Crippen molar-refractivity contribution in [2.45, 2.75) is 25.8 Å². The van der Waals surface area contributed by atoms with E-state index >= 15 is 0 Å². The van der Waals surface area contributed by atoms with Crippen molar-refractivity contribution >= 4 is 29.3 Å². The van der Waals surface area contributed by atoms with Gasteiger partial charge in [-0.25, -0.2) is 9.59 Å². The highest BCUT2D eigenvalue weighted by molar-refractivity contribution is 6.15. The molecule has 0 heterocycles. The van der Waals surface area contributed by atoms with Gasteiger partial charge in [-0.1, -0.05) is 67.6 Å². The van der Waals surface area contributed by atoms with E-state index in [0.717, 1.165) is 0 Å². The molecule has 0 saturated carbocycles. The van der Waals surface area contributed by atoms with Crippen LogP contribution in [0.1, 0.15) is 45.2 Å². The highest BCUT2D eigenvalue weighted by Crippen LogP contribution is 2.24. The zero-order chi connectivity index (χ0) is 24.0. The monoisotopic (exact) mass is 445 g/mol. The van der Waals surface area contributed by atoms with E-state index in [-0.39, 0.29) is 35.4 Å². The van der Waals surface area contributed by atoms with E-state index in [0.29, 0.717) is 11.3 Å². The van der Waals surface area contributed by atoms with Crippen LogP contribution in [0, 0.1) is 0 Å². The van der Waals surface area contributed by atoms with E-state index in [1.165, 1.54) is 29.2 Å². The third-order valence-corrected chi connectivity index (χ3v) is 5.28. The Morgan fingerprint density at radius 3 is 1.88 bits per heavy atom. The van der Waals surface area contributed by atoms with Gasteiger partial charge in [-0.3, -0.25) is 14.5 Å². The number of aliphatic carboxylic acids is 1. The van der Waals surface area contributed by atoms with Crippen LogP contribution in [0.25, 0.3) is 0 Å². The molecule has 3 aromatic carbocycles. The number of hydrogen-bond donors (Lipinski definition) is 2. The molecule has 0 aliphatic carbocycles. The number of anilines is 1. The number of carbonyl (C=O) groups is 4. The predicted molar refractivity (Wildman–Crippen MR) is 123 cm³/mol. The lowest BCUT2D eigenvalue weighted by Gasteiger charge is -2.29. The zero-order valence-electron chi connectivity index (χ0n) is 18.0. The Kier molecular flexibility index (Phi) is 7.35. The van der Waals surface area contributed by atoms with E-state index in [1.807, 2.05) is 0 Å². The number of nitrogens with zero attached hydrogens (tertiary/aromatic N) is 1. The van der Waals surface area contributed by atoms with Crippen LogP contribution in [0.5, 0.6) is 0 Å². The summed E-state index contributed by atoms with van der Waals surface area (Å²) >= 11 is 0. The van der Waals surface area contributed by atoms with Crippen molar-refractivity contribution < 1.29 is 29.4 Å². The SMILES string of the molecule is CCC(=O)N(c1ccccc1)[C@H](Cc1ccccc1C(=O)c1ccccc1C(=O)O)C(=O)O. The fourth-order valence-corrected chi connectivity index (χ4v) is 3.69. The molecule has 3 rings (SSSR count). The average molecular weight is 445 g/mol. The molecule has 1 amide bonds. The largest absolute Gasteiger partial charge is 0.480 e. The maximum atomic E-state index is 13.3. The van der Waals surface area contributed by atoms with Crippen molar-refractivity contribution in [2.75, 3.05) is 4.90 Å². The van der Waals surface area contributed by atoms with Crippen LogP contribution >= 0.6 is 0 Å². The first-order valence-corrected chi connectivity index (χ1v) is 10.4. The van der Waals surface area contributed by atoms with E-state index in [2.05, 4.69) is 0 Å². The van der Waals surface area contributed by atoms with Crippen LogP contribution in [-0.2, 0) is 16.0 Å². The first-order chi connectivity index (χ1) is 15.8. The Morgan fingerprint density at radius 2 is 1.30 bits per heavy atom. The quantitative estimate of drug-likeness (QED) is 0.481. The van der Waals surface area contributed by atoms with Crippen LogP contribution < -0.4 is 4.90 Å². The summed E-state index contributed by atoms with van der Waals surface area (Å²) < 4.78 is 0. The third-order valence-electron chi connectivity index (χ3n) is 5.28. The van der Waals surface area contributed by atoms with Gasteiger partial charge in [-0.2, -0.15) is 0 Å². The number of para-hydroxylation sites is 1. The molecule has 0 aliphatic rings. The standard InChI is InChI=1S/C26H23NO6/c1-2-23(28)27(18-11-4-3-5-12-18)22(26(32)33)16-17-10-6-7-13-19(17)24(29)20-14-8-9-15-21(20)25(30)31/h3-15,22H,2,16H2,1H3,(H,30,31)(H,32,33)/t22-/m1/s1. The number of carboxylic acids is 2. The molecule has 0 aliphatic heterocycles. The molecule has 168 valence electrons. The molecule has 7 nitrogen and oxygen atoms in total. The molecule has 0 fully saturated rings. The molecular weight excluding hydrogens is 422 g/mol. The van der Waals surface area contributed by atoms with Gasteiger partial charge >= 0.3 is 11.9 Å². The van der Waals surface area contributed by atoms with Crippen molar-refractivity contribution in [1.82, 2.24) is 0 Å². The highest BCUT2D eigenvalue weighted by Gasteiger charge is 2.32. The summed E-state index contributed by atoms with van der Waals surface area (Å²) in [7, 11) is 0. The molecule has 3 aromatic rings. The smallest absolute Gasteiger partial charge is 0.336 e. The number of aromatic carboxylic acids is 1. The number of ketones is 1. The molecule has 2 N–H and O–H groups in total. The Bertz CT molecular complexity index is 1190. The fourth-order valence-electron chi connectivity index (χ4n) is 3.69. The summed E-state index contributed by atoms with van der Waals surface area (Å²) in [6.07, 6.45) is -0.0294. The highest BCUT2D eigenvalue weighted by atomic mass is 16.4. The average Bonchev–Trinajstić information content (AvgIpc) is 2.83. The molecule has 7 heteroatoms. The van der Waals surface area contributed by atoms with Gasteiger partial charge in [0.25, 0.3) is 0 Å². The lowest BCUT2D eigenvalue weighted by Crippen LogP contribution is -2.46. The lowest BCUT2D eigenvalue weighted by atomic mass is 9.91. The Balaban J connectivity index is 2.05. The molecule has 0 bridgehead atoms. The van der Waals surface area contributed by atoms with Gasteiger partial charge in [0.1, 0.15) is 6.04 Å². The number of benzene rings is 3. The van der Waals surface area contributed by atoms with E-state index in [4.69, 9.17) is 0 Å². The first kappa shape index (κ1) is 23.4. The summed E-state index contributed by atoms with van der Waals surface area (Å²) in [5, 5.41) is 19.5. The predicted octanol–water partition coefficient (Wildman–Crippen LogP) is 4.05. The third kappa shape index (κ3) is 5.15. The Hall–Kier alpha value is -4.26. The minimum absolute atomic E-state index is 0.00822. The molecule has 0 spiro atoms. The van der Waals surface area contributed by atoms with Crippen LogP contribution in [0.15, 0.2) is 78.9 Å². The Morgan fingerprint density at radius 1 is 0.758 bits per heavy atom.